The van der Waals surface area contributed by atoms with Gasteiger partial charge in [-0.3, -0.25) is 4.79 Å². The Labute approximate surface area is 108 Å². The Morgan fingerprint density at radius 1 is 1.33 bits per heavy atom. The topological polar surface area (TPSA) is 49.3 Å². The van der Waals surface area contributed by atoms with Gasteiger partial charge in [-0.2, -0.15) is 0 Å². The lowest BCUT2D eigenvalue weighted by molar-refractivity contribution is -0.125. The highest BCUT2D eigenvalue weighted by Gasteiger charge is 2.19. The molecule has 0 heterocycles. The van der Waals surface area contributed by atoms with Crippen LogP contribution in [0.5, 0.6) is 0 Å². The number of nitrogens with one attached hydrogen (secondary N) is 1. The van der Waals surface area contributed by atoms with Crippen LogP contribution in [0.1, 0.15) is 30.9 Å². The summed E-state index contributed by atoms with van der Waals surface area (Å²) < 4.78 is 0. The predicted octanol–water partition coefficient (Wildman–Crippen LogP) is 2.19. The summed E-state index contributed by atoms with van der Waals surface area (Å²) in [7, 11) is 0. The first-order valence-electron chi connectivity index (χ1n) is 6.43. The van der Waals surface area contributed by atoms with E-state index in [-0.39, 0.29) is 18.4 Å². The van der Waals surface area contributed by atoms with Gasteiger partial charge in [-0.15, -0.1) is 0 Å². The molecule has 0 bridgehead atoms. The van der Waals surface area contributed by atoms with Crippen molar-refractivity contribution in [2.75, 3.05) is 6.54 Å². The van der Waals surface area contributed by atoms with E-state index >= 15 is 0 Å². The van der Waals surface area contributed by atoms with Crippen LogP contribution in [0.15, 0.2) is 42.5 Å². The number of carbonyl (C=O) groups is 1. The second-order valence-corrected chi connectivity index (χ2v) is 4.65. The van der Waals surface area contributed by atoms with Gasteiger partial charge in [0.25, 0.3) is 0 Å². The third-order valence-corrected chi connectivity index (χ3v) is 3.29. The summed E-state index contributed by atoms with van der Waals surface area (Å²) in [5.41, 5.74) is 0.835. The maximum Gasteiger partial charge on any atom is 0.223 e. The maximum atomic E-state index is 11.9. The van der Waals surface area contributed by atoms with E-state index in [1.807, 2.05) is 30.3 Å². The van der Waals surface area contributed by atoms with Crippen LogP contribution in [0.2, 0.25) is 0 Å². The van der Waals surface area contributed by atoms with E-state index < -0.39 is 6.10 Å². The molecular formula is C15H19NO2. The second kappa shape index (κ2) is 6.36. The Bertz CT molecular complexity index is 414. The van der Waals surface area contributed by atoms with Crippen LogP contribution in [0.25, 0.3) is 0 Å². The number of allylic oxidation sites excluding steroid dienone is 2. The quantitative estimate of drug-likeness (QED) is 0.799. The van der Waals surface area contributed by atoms with E-state index in [0.29, 0.717) is 0 Å². The number of aliphatic hydroxyl groups is 1. The van der Waals surface area contributed by atoms with Crippen LogP contribution in [-0.4, -0.2) is 17.6 Å². The fourth-order valence-corrected chi connectivity index (χ4v) is 2.17. The van der Waals surface area contributed by atoms with Crippen molar-refractivity contribution in [2.24, 2.45) is 5.92 Å². The monoisotopic (exact) mass is 245 g/mol. The zero-order chi connectivity index (χ0) is 12.8. The SMILES string of the molecule is O=C(NC[C@H](O)c1ccccc1)[C@@H]1CC=CCC1. The molecule has 0 unspecified atom stereocenters. The summed E-state index contributed by atoms with van der Waals surface area (Å²) >= 11 is 0. The van der Waals surface area contributed by atoms with Gasteiger partial charge in [-0.1, -0.05) is 42.5 Å². The van der Waals surface area contributed by atoms with Gasteiger partial charge >= 0.3 is 0 Å². The minimum absolute atomic E-state index is 0.0503. The molecule has 0 aliphatic heterocycles. The molecule has 18 heavy (non-hydrogen) atoms. The molecule has 2 atom stereocenters. The molecule has 2 rings (SSSR count). The molecule has 0 fully saturated rings. The normalized spacial score (nSPS) is 20.4. The van der Waals surface area contributed by atoms with E-state index in [9.17, 15) is 9.90 Å². The van der Waals surface area contributed by atoms with Crippen molar-refractivity contribution < 1.29 is 9.90 Å². The van der Waals surface area contributed by atoms with E-state index in [1.165, 1.54) is 0 Å². The number of benzene rings is 1. The van der Waals surface area contributed by atoms with Crippen molar-refractivity contribution in [3.8, 4) is 0 Å². The first kappa shape index (κ1) is 12.8. The molecule has 0 aromatic heterocycles. The van der Waals surface area contributed by atoms with Crippen LogP contribution in [0.3, 0.4) is 0 Å². The van der Waals surface area contributed by atoms with Crippen molar-refractivity contribution in [1.29, 1.82) is 0 Å². The highest BCUT2D eigenvalue weighted by atomic mass is 16.3. The molecule has 3 heteroatoms. The smallest absolute Gasteiger partial charge is 0.223 e. The fraction of sp³-hybridized carbons (Fsp3) is 0.400. The minimum atomic E-state index is -0.630. The second-order valence-electron chi connectivity index (χ2n) is 4.65. The van der Waals surface area contributed by atoms with Gasteiger partial charge < -0.3 is 10.4 Å². The van der Waals surface area contributed by atoms with Crippen molar-refractivity contribution >= 4 is 5.91 Å². The van der Waals surface area contributed by atoms with Gasteiger partial charge in [0.1, 0.15) is 0 Å². The van der Waals surface area contributed by atoms with Gasteiger partial charge in [0.05, 0.1) is 6.10 Å². The largest absolute Gasteiger partial charge is 0.387 e. The Kier molecular flexibility index (Phi) is 4.53. The Morgan fingerprint density at radius 3 is 2.78 bits per heavy atom. The lowest BCUT2D eigenvalue weighted by atomic mass is 9.93. The number of amides is 1. The molecule has 1 aliphatic rings. The third kappa shape index (κ3) is 3.44. The molecule has 1 amide bonds. The summed E-state index contributed by atoms with van der Waals surface area (Å²) in [6.07, 6.45) is 6.23. The van der Waals surface area contributed by atoms with E-state index in [1.54, 1.807) is 0 Å². The summed E-state index contributed by atoms with van der Waals surface area (Å²) in [6.45, 7) is 0.281. The minimum Gasteiger partial charge on any atom is -0.387 e. The molecule has 1 aromatic carbocycles. The van der Waals surface area contributed by atoms with Crippen LogP contribution >= 0.6 is 0 Å². The van der Waals surface area contributed by atoms with E-state index in [2.05, 4.69) is 17.5 Å². The van der Waals surface area contributed by atoms with Crippen molar-refractivity contribution in [2.45, 2.75) is 25.4 Å². The zero-order valence-electron chi connectivity index (χ0n) is 10.4. The molecule has 1 aliphatic carbocycles. The maximum absolute atomic E-state index is 11.9. The van der Waals surface area contributed by atoms with Crippen LogP contribution in [0, 0.1) is 5.92 Å². The molecular weight excluding hydrogens is 226 g/mol. The molecule has 3 nitrogen and oxygen atoms in total. The standard InChI is InChI=1S/C15H19NO2/c17-14(12-7-3-1-4-8-12)11-16-15(18)13-9-5-2-6-10-13/h1-5,7-8,13-14,17H,6,9-11H2,(H,16,18)/t13-,14+/m1/s1. The summed E-state index contributed by atoms with van der Waals surface area (Å²) in [4.78, 5) is 11.9. The molecule has 96 valence electrons. The number of carbonyl (C=O) groups excluding carboxylic acids is 1. The zero-order valence-corrected chi connectivity index (χ0v) is 10.4. The summed E-state index contributed by atoms with van der Waals surface area (Å²) in [5.74, 6) is 0.118. The number of rotatable bonds is 4. The lowest BCUT2D eigenvalue weighted by Crippen LogP contribution is -2.34. The third-order valence-electron chi connectivity index (χ3n) is 3.29. The van der Waals surface area contributed by atoms with Gasteiger partial charge in [-0.05, 0) is 24.8 Å². The van der Waals surface area contributed by atoms with E-state index in [0.717, 1.165) is 24.8 Å². The number of hydrogen-bond acceptors (Lipinski definition) is 2. The summed E-state index contributed by atoms with van der Waals surface area (Å²) in [5, 5.41) is 12.8. The molecule has 2 N–H and O–H groups in total. The predicted molar refractivity (Wildman–Crippen MR) is 70.9 cm³/mol. The molecule has 0 radical (unpaired) electrons. The van der Waals surface area contributed by atoms with Crippen molar-refractivity contribution in [3.05, 3.63) is 48.0 Å². The average molecular weight is 245 g/mol. The lowest BCUT2D eigenvalue weighted by Gasteiger charge is -2.19. The van der Waals surface area contributed by atoms with Gasteiger partial charge in [0.2, 0.25) is 5.91 Å². The highest BCUT2D eigenvalue weighted by molar-refractivity contribution is 5.79. The van der Waals surface area contributed by atoms with Crippen LogP contribution < -0.4 is 5.32 Å². The van der Waals surface area contributed by atoms with Gasteiger partial charge in [-0.25, -0.2) is 0 Å². The molecule has 0 saturated carbocycles. The van der Waals surface area contributed by atoms with E-state index in [4.69, 9.17) is 0 Å². The average Bonchev–Trinajstić information content (AvgIpc) is 2.46. The Balaban J connectivity index is 1.80. The Hall–Kier alpha value is -1.61. The van der Waals surface area contributed by atoms with Crippen LogP contribution in [-0.2, 0) is 4.79 Å². The first-order valence-corrected chi connectivity index (χ1v) is 6.43. The molecule has 0 spiro atoms. The van der Waals surface area contributed by atoms with Gasteiger partial charge in [0, 0.05) is 12.5 Å². The first-order chi connectivity index (χ1) is 8.77. The highest BCUT2D eigenvalue weighted by Crippen LogP contribution is 2.18. The number of aliphatic hydroxyl groups excluding tert-OH is 1. The summed E-state index contributed by atoms with van der Waals surface area (Å²) in [6, 6.07) is 9.39. The molecule has 1 aromatic rings. The number of hydrogen-bond donors (Lipinski definition) is 2. The van der Waals surface area contributed by atoms with Crippen LogP contribution in [0.4, 0.5) is 0 Å². The molecule has 0 saturated heterocycles. The van der Waals surface area contributed by atoms with Crippen molar-refractivity contribution in [1.82, 2.24) is 5.32 Å². The Morgan fingerprint density at radius 2 is 2.11 bits per heavy atom. The van der Waals surface area contributed by atoms with Crippen molar-refractivity contribution in [3.63, 3.8) is 0 Å². The van der Waals surface area contributed by atoms with Gasteiger partial charge in [0.15, 0.2) is 0 Å². The fourth-order valence-electron chi connectivity index (χ4n) is 2.17.